The first-order chi connectivity index (χ1) is 10.4. The van der Waals surface area contributed by atoms with Gasteiger partial charge in [0.1, 0.15) is 11.5 Å². The summed E-state index contributed by atoms with van der Waals surface area (Å²) in [5, 5.41) is 0. The molecule has 0 spiro atoms. The van der Waals surface area contributed by atoms with Crippen LogP contribution in [-0.4, -0.2) is 35.1 Å². The zero-order valence-corrected chi connectivity index (χ0v) is 14.7. The Labute approximate surface area is 136 Å². The standard InChI is InChI=1S/C8H10O3S.C8H10OS/c1-11-7-3-5-8(6-4-7)12(2,9)10;1-9-7-3-5-8(10-2)6-4-7/h3-6H,1-2H3;3-6H,1-2H3/i2*2+1. The maximum atomic E-state index is 11.0. The molecule has 0 fully saturated rings. The molecule has 2 aromatic rings. The number of methoxy groups -OCH3 is 2. The summed E-state index contributed by atoms with van der Waals surface area (Å²) >= 11 is 1.73. The third-order valence-corrected chi connectivity index (χ3v) is 4.65. The van der Waals surface area contributed by atoms with E-state index in [9.17, 15) is 8.42 Å². The SMILES string of the molecule is COc1ccc(S([13CH3])(=O)=O)cc1.COc1ccc(S[13CH3])cc1. The van der Waals surface area contributed by atoms with Gasteiger partial charge in [-0.05, 0) is 54.8 Å². The van der Waals surface area contributed by atoms with Gasteiger partial charge in [0.25, 0.3) is 0 Å². The molecule has 4 nitrogen and oxygen atoms in total. The molecule has 0 unspecified atom stereocenters. The first kappa shape index (κ1) is 18.4. The predicted octanol–water partition coefficient (Wildman–Crippen LogP) is 3.52. The molecule has 2 aromatic carbocycles. The van der Waals surface area contributed by atoms with Crippen LogP contribution < -0.4 is 9.47 Å². The predicted molar refractivity (Wildman–Crippen MR) is 90.9 cm³/mol. The summed E-state index contributed by atoms with van der Waals surface area (Å²) in [4.78, 5) is 1.57. The first-order valence-corrected chi connectivity index (χ1v) is 9.54. The van der Waals surface area contributed by atoms with Gasteiger partial charge in [0, 0.05) is 11.2 Å². The number of hydrogen-bond acceptors (Lipinski definition) is 5. The van der Waals surface area contributed by atoms with Gasteiger partial charge < -0.3 is 9.47 Å². The van der Waals surface area contributed by atoms with Gasteiger partial charge in [-0.2, -0.15) is 0 Å². The largest absolute Gasteiger partial charge is 0.497 e. The van der Waals surface area contributed by atoms with Crippen molar-refractivity contribution in [1.82, 2.24) is 0 Å². The summed E-state index contributed by atoms with van der Waals surface area (Å²) in [5.41, 5.74) is 0. The number of thioether (sulfide) groups is 1. The van der Waals surface area contributed by atoms with Crippen molar-refractivity contribution < 1.29 is 17.9 Å². The lowest BCUT2D eigenvalue weighted by Gasteiger charge is -2.00. The fraction of sp³-hybridized carbons (Fsp3) is 0.250. The van der Waals surface area contributed by atoms with Gasteiger partial charge in [-0.15, -0.1) is 11.8 Å². The van der Waals surface area contributed by atoms with Crippen molar-refractivity contribution in [1.29, 1.82) is 0 Å². The van der Waals surface area contributed by atoms with E-state index in [1.165, 1.54) is 30.4 Å². The summed E-state index contributed by atoms with van der Waals surface area (Å²) in [7, 11) is 0.128. The maximum absolute atomic E-state index is 11.0. The molecule has 0 N–H and O–H groups in total. The lowest BCUT2D eigenvalue weighted by Crippen LogP contribution is -1.96. The van der Waals surface area contributed by atoms with E-state index in [-0.39, 0.29) is 0 Å². The number of hydrogen-bond donors (Lipinski definition) is 0. The molecule has 0 amide bonds. The Morgan fingerprint density at radius 2 is 1.23 bits per heavy atom. The zero-order valence-electron chi connectivity index (χ0n) is 13.1. The minimum absolute atomic E-state index is 0.309. The normalized spacial score (nSPS) is 10.4. The second-order valence-electron chi connectivity index (χ2n) is 4.33. The van der Waals surface area contributed by atoms with Gasteiger partial charge in [0.05, 0.1) is 19.1 Å². The Hall–Kier alpha value is -1.66. The van der Waals surface area contributed by atoms with Gasteiger partial charge in [-0.3, -0.25) is 0 Å². The van der Waals surface area contributed by atoms with Crippen LogP contribution in [0.1, 0.15) is 0 Å². The highest BCUT2D eigenvalue weighted by Gasteiger charge is 2.05. The third kappa shape index (κ3) is 5.99. The van der Waals surface area contributed by atoms with E-state index in [4.69, 9.17) is 9.47 Å². The molecule has 0 aliphatic rings. The highest BCUT2D eigenvalue weighted by Crippen LogP contribution is 2.18. The maximum Gasteiger partial charge on any atom is 0.175 e. The highest BCUT2D eigenvalue weighted by molar-refractivity contribution is 7.98. The molecule has 0 heterocycles. The molecule has 0 aromatic heterocycles. The summed E-state index contributed by atoms with van der Waals surface area (Å²) in [6.07, 6.45) is 3.23. The van der Waals surface area contributed by atoms with E-state index in [0.717, 1.165) is 5.75 Å². The summed E-state index contributed by atoms with van der Waals surface area (Å²) in [6.45, 7) is 0. The Kier molecular flexibility index (Phi) is 7.27. The Balaban J connectivity index is 0.000000224. The Morgan fingerprint density at radius 3 is 1.55 bits per heavy atom. The van der Waals surface area contributed by atoms with Crippen molar-refractivity contribution in [2.45, 2.75) is 9.79 Å². The fourth-order valence-electron chi connectivity index (χ4n) is 1.53. The number of ether oxygens (including phenoxy) is 2. The van der Waals surface area contributed by atoms with Gasteiger partial charge in [0.2, 0.25) is 0 Å². The van der Waals surface area contributed by atoms with E-state index in [2.05, 4.69) is 6.26 Å². The summed E-state index contributed by atoms with van der Waals surface area (Å²) in [5.74, 6) is 1.57. The van der Waals surface area contributed by atoms with Gasteiger partial charge in [0.15, 0.2) is 9.84 Å². The molecule has 6 heteroatoms. The van der Waals surface area contributed by atoms with E-state index < -0.39 is 9.84 Å². The molecule has 0 aliphatic carbocycles. The van der Waals surface area contributed by atoms with Gasteiger partial charge in [-0.1, -0.05) is 0 Å². The molecule has 0 radical (unpaired) electrons. The molecule has 0 saturated carbocycles. The minimum Gasteiger partial charge on any atom is -0.497 e. The van der Waals surface area contributed by atoms with Crippen molar-refractivity contribution in [2.75, 3.05) is 26.7 Å². The van der Waals surface area contributed by atoms with E-state index >= 15 is 0 Å². The average molecular weight is 342 g/mol. The molecule has 0 bridgehead atoms. The fourth-order valence-corrected chi connectivity index (χ4v) is 2.57. The second-order valence-corrected chi connectivity index (χ2v) is 7.22. The minimum atomic E-state index is -3.08. The number of benzene rings is 2. The van der Waals surface area contributed by atoms with Crippen LogP contribution in [0.15, 0.2) is 58.3 Å². The Bertz CT molecular complexity index is 639. The van der Waals surface area contributed by atoms with Crippen LogP contribution in [0.2, 0.25) is 0 Å². The zero-order chi connectivity index (χ0) is 16.6. The molecule has 0 aliphatic heterocycles. The van der Waals surface area contributed by atoms with Crippen molar-refractivity contribution >= 4 is 21.6 Å². The molecule has 0 saturated heterocycles. The smallest absolute Gasteiger partial charge is 0.175 e. The lowest BCUT2D eigenvalue weighted by atomic mass is 10.3. The van der Waals surface area contributed by atoms with Crippen molar-refractivity contribution in [2.24, 2.45) is 0 Å². The van der Waals surface area contributed by atoms with Crippen molar-refractivity contribution in [3.8, 4) is 11.5 Å². The first-order valence-electron chi connectivity index (χ1n) is 6.43. The van der Waals surface area contributed by atoms with E-state index in [0.29, 0.717) is 10.6 Å². The van der Waals surface area contributed by atoms with Crippen LogP contribution in [0.25, 0.3) is 0 Å². The highest BCUT2D eigenvalue weighted by atomic mass is 32.2. The summed E-state index contributed by atoms with van der Waals surface area (Å²) in [6, 6.07) is 14.3. The number of sulfone groups is 1. The van der Waals surface area contributed by atoms with Crippen LogP contribution in [0.4, 0.5) is 0 Å². The molecule has 22 heavy (non-hydrogen) atoms. The topological polar surface area (TPSA) is 52.6 Å². The molecule has 0 atom stereocenters. The third-order valence-electron chi connectivity index (χ3n) is 2.78. The average Bonchev–Trinajstić information content (AvgIpc) is 2.55. The summed E-state index contributed by atoms with van der Waals surface area (Å²) < 4.78 is 31.9. The molecule has 2 rings (SSSR count). The van der Waals surface area contributed by atoms with Crippen molar-refractivity contribution in [3.05, 3.63) is 48.5 Å². The van der Waals surface area contributed by atoms with Crippen LogP contribution in [-0.2, 0) is 9.84 Å². The second kappa shape index (κ2) is 8.70. The van der Waals surface area contributed by atoms with Crippen LogP contribution >= 0.6 is 11.8 Å². The van der Waals surface area contributed by atoms with Crippen LogP contribution in [0.3, 0.4) is 0 Å². The van der Waals surface area contributed by atoms with Gasteiger partial charge in [-0.25, -0.2) is 8.42 Å². The van der Waals surface area contributed by atoms with E-state index in [1.807, 2.05) is 24.3 Å². The van der Waals surface area contributed by atoms with E-state index in [1.54, 1.807) is 31.0 Å². The quantitative estimate of drug-likeness (QED) is 0.628. The monoisotopic (exact) mass is 342 g/mol. The molecular formula is C16H20O4S2. The van der Waals surface area contributed by atoms with Crippen molar-refractivity contribution in [3.63, 3.8) is 0 Å². The molecular weight excluding hydrogens is 322 g/mol. The Morgan fingerprint density at radius 1 is 0.818 bits per heavy atom. The number of rotatable bonds is 4. The van der Waals surface area contributed by atoms with Crippen LogP contribution in [0, 0.1) is 0 Å². The van der Waals surface area contributed by atoms with Gasteiger partial charge >= 0.3 is 0 Å². The van der Waals surface area contributed by atoms with Crippen LogP contribution in [0.5, 0.6) is 11.5 Å². The lowest BCUT2D eigenvalue weighted by molar-refractivity contribution is 0.414. The molecule has 120 valence electrons.